The number of hydrogen-bond donors (Lipinski definition) is 2. The number of benzene rings is 2. The van der Waals surface area contributed by atoms with E-state index in [9.17, 15) is 14.3 Å². The Balaban J connectivity index is 1.79. The lowest BCUT2D eigenvalue weighted by atomic mass is 10.1. The van der Waals surface area contributed by atoms with Crippen LogP contribution in [0.4, 0.5) is 10.2 Å². The fraction of sp³-hybridized carbons (Fsp3) is 0.154. The summed E-state index contributed by atoms with van der Waals surface area (Å²) in [6, 6.07) is 13.5. The number of aromatic nitrogens is 5. The highest BCUT2D eigenvalue weighted by atomic mass is 19.1. The molecule has 0 aliphatic heterocycles. The highest BCUT2D eigenvalue weighted by molar-refractivity contribution is 5.90. The number of anilines is 1. The molecule has 35 heavy (non-hydrogen) atoms. The predicted molar refractivity (Wildman–Crippen MR) is 132 cm³/mol. The van der Waals surface area contributed by atoms with Crippen molar-refractivity contribution in [3.05, 3.63) is 88.0 Å². The van der Waals surface area contributed by atoms with Gasteiger partial charge in [-0.2, -0.15) is 5.10 Å². The number of aliphatic hydroxyl groups is 1. The van der Waals surface area contributed by atoms with Gasteiger partial charge in [0.15, 0.2) is 5.65 Å². The number of halogens is 1. The monoisotopic (exact) mass is 468 g/mol. The molecular weight excluding hydrogens is 447 g/mol. The third-order valence-electron chi connectivity index (χ3n) is 5.69. The van der Waals surface area contributed by atoms with Gasteiger partial charge in [-0.15, -0.1) is 0 Å². The molecule has 3 aromatic heterocycles. The molecule has 5 aromatic rings. The lowest BCUT2D eigenvalue weighted by Crippen LogP contribution is -2.25. The summed E-state index contributed by atoms with van der Waals surface area (Å²) < 4.78 is 17.8. The molecule has 1 atom stereocenters. The quantitative estimate of drug-likeness (QED) is 0.394. The maximum atomic E-state index is 14.9. The van der Waals surface area contributed by atoms with Crippen LogP contribution in [0.5, 0.6) is 0 Å². The molecule has 0 amide bonds. The van der Waals surface area contributed by atoms with E-state index in [2.05, 4.69) is 26.9 Å². The van der Waals surface area contributed by atoms with E-state index >= 15 is 0 Å². The van der Waals surface area contributed by atoms with E-state index in [1.165, 1.54) is 23.9 Å². The van der Waals surface area contributed by atoms with Gasteiger partial charge in [-0.3, -0.25) is 9.36 Å². The molecule has 0 bridgehead atoms. The summed E-state index contributed by atoms with van der Waals surface area (Å²) in [5, 5.41) is 15.8. The molecule has 0 saturated heterocycles. The third-order valence-corrected chi connectivity index (χ3v) is 5.69. The number of pyridine rings is 1. The summed E-state index contributed by atoms with van der Waals surface area (Å²) in [5.41, 5.74) is 7.89. The summed E-state index contributed by atoms with van der Waals surface area (Å²) >= 11 is 0. The Kier molecular flexibility index (Phi) is 5.51. The summed E-state index contributed by atoms with van der Waals surface area (Å²) in [6.07, 6.45) is 0.450. The smallest absolute Gasteiger partial charge is 0.263 e. The summed E-state index contributed by atoms with van der Waals surface area (Å²) in [7, 11) is 0. The first-order valence-electron chi connectivity index (χ1n) is 10.9. The van der Waals surface area contributed by atoms with Gasteiger partial charge in [-0.25, -0.2) is 19.0 Å². The van der Waals surface area contributed by atoms with Crippen LogP contribution in [0.2, 0.25) is 0 Å². The number of aliphatic hydroxyl groups excluding tert-OH is 1. The molecule has 3 heterocycles. The minimum atomic E-state index is -0.865. The van der Waals surface area contributed by atoms with E-state index in [1.54, 1.807) is 22.9 Å². The fourth-order valence-corrected chi connectivity index (χ4v) is 4.16. The molecule has 0 radical (unpaired) electrons. The Morgan fingerprint density at radius 1 is 1.14 bits per heavy atom. The number of nitrogen functional groups attached to an aromatic ring is 1. The number of nitrogens with two attached hydrogens (primary N) is 1. The molecule has 2 aromatic carbocycles. The summed E-state index contributed by atoms with van der Waals surface area (Å²) in [4.78, 5) is 22.0. The van der Waals surface area contributed by atoms with Gasteiger partial charge in [0.05, 0.1) is 23.0 Å². The van der Waals surface area contributed by atoms with Crippen LogP contribution in [0.3, 0.4) is 0 Å². The van der Waals surface area contributed by atoms with Gasteiger partial charge >= 0.3 is 0 Å². The van der Waals surface area contributed by atoms with Crippen molar-refractivity contribution in [1.82, 2.24) is 24.3 Å². The Labute approximate surface area is 199 Å². The number of nitrogens with zero attached hydrogens (tertiary/aromatic N) is 5. The summed E-state index contributed by atoms with van der Waals surface area (Å²) in [5.74, 6) is 5.14. The van der Waals surface area contributed by atoms with Crippen molar-refractivity contribution in [2.45, 2.75) is 26.5 Å². The molecule has 0 saturated carbocycles. The highest BCUT2D eigenvalue weighted by Crippen LogP contribution is 2.24. The van der Waals surface area contributed by atoms with Crippen molar-refractivity contribution in [1.29, 1.82) is 0 Å². The minimum Gasteiger partial charge on any atom is -0.383 e. The molecule has 0 aliphatic carbocycles. The van der Waals surface area contributed by atoms with E-state index in [0.29, 0.717) is 27.8 Å². The zero-order chi connectivity index (χ0) is 24.7. The zero-order valence-electron chi connectivity index (χ0n) is 19.0. The molecule has 5 rings (SSSR count). The molecule has 0 spiro atoms. The molecule has 174 valence electrons. The van der Waals surface area contributed by atoms with Gasteiger partial charge in [-0.1, -0.05) is 36.3 Å². The Morgan fingerprint density at radius 2 is 1.94 bits per heavy atom. The Bertz CT molecular complexity index is 1730. The van der Waals surface area contributed by atoms with Gasteiger partial charge in [0, 0.05) is 5.69 Å². The van der Waals surface area contributed by atoms with Crippen LogP contribution < -0.4 is 11.3 Å². The number of aryl methyl sites for hydroxylation is 1. The average Bonchev–Trinajstić information content (AvgIpc) is 3.17. The Morgan fingerprint density at radius 3 is 2.71 bits per heavy atom. The summed E-state index contributed by atoms with van der Waals surface area (Å²) in [6.45, 7) is 3.47. The average molecular weight is 468 g/mol. The minimum absolute atomic E-state index is 0.0801. The van der Waals surface area contributed by atoms with E-state index in [4.69, 9.17) is 5.73 Å². The van der Waals surface area contributed by atoms with Gasteiger partial charge in [0.25, 0.3) is 5.56 Å². The molecule has 0 aliphatic rings. The molecule has 0 fully saturated rings. The van der Waals surface area contributed by atoms with E-state index in [0.717, 1.165) is 10.9 Å². The lowest BCUT2D eigenvalue weighted by molar-refractivity contribution is 0.253. The first kappa shape index (κ1) is 22.3. The second-order valence-corrected chi connectivity index (χ2v) is 8.18. The van der Waals surface area contributed by atoms with Crippen molar-refractivity contribution in [3.8, 4) is 17.5 Å². The second-order valence-electron chi connectivity index (χ2n) is 8.18. The van der Waals surface area contributed by atoms with Gasteiger partial charge in [-0.05, 0) is 48.9 Å². The normalized spacial score (nSPS) is 12.0. The van der Waals surface area contributed by atoms with Crippen LogP contribution in [0.25, 0.3) is 27.5 Å². The standard InChI is InChI=1S/C26H21FN6O2/c1-15-6-5-7-17-12-18(33(26(35)22(15)17)21-9-4-3-8-19(21)27)13-32-25-23(24(28)29-14-30-25)20(31-32)11-10-16(2)34/h3-9,12,14,16,34H,13H2,1-2H3,(H2,28,29,30)/t16-/m1/s1. The topological polar surface area (TPSA) is 112 Å². The molecule has 8 nitrogen and oxygen atoms in total. The SMILES string of the molecule is Cc1cccc2cc(Cn3nc(C#C[C@@H](C)O)c4c(N)ncnc43)n(-c3ccccc3F)c(=O)c12. The maximum Gasteiger partial charge on any atom is 0.263 e. The third kappa shape index (κ3) is 3.90. The van der Waals surface area contributed by atoms with Crippen LogP contribution in [-0.2, 0) is 6.54 Å². The molecule has 0 unspecified atom stereocenters. The van der Waals surface area contributed by atoms with Crippen molar-refractivity contribution in [2.75, 3.05) is 5.73 Å². The largest absolute Gasteiger partial charge is 0.383 e. The number of hydrogen-bond acceptors (Lipinski definition) is 6. The number of fused-ring (bicyclic) bond motifs is 2. The first-order chi connectivity index (χ1) is 16.8. The van der Waals surface area contributed by atoms with Crippen LogP contribution in [0.1, 0.15) is 23.9 Å². The highest BCUT2D eigenvalue weighted by Gasteiger charge is 2.19. The molecule has 3 N–H and O–H groups in total. The van der Waals surface area contributed by atoms with Crippen molar-refractivity contribution in [3.63, 3.8) is 0 Å². The number of rotatable bonds is 3. The van der Waals surface area contributed by atoms with Crippen molar-refractivity contribution in [2.24, 2.45) is 0 Å². The van der Waals surface area contributed by atoms with E-state index in [-0.39, 0.29) is 23.6 Å². The predicted octanol–water partition coefficient (Wildman–Crippen LogP) is 2.94. The van der Waals surface area contributed by atoms with E-state index in [1.807, 2.05) is 31.2 Å². The maximum absolute atomic E-state index is 14.9. The molecular formula is C26H21FN6O2. The van der Waals surface area contributed by atoms with Crippen molar-refractivity contribution < 1.29 is 9.50 Å². The van der Waals surface area contributed by atoms with Crippen LogP contribution in [-0.4, -0.2) is 35.5 Å². The van der Waals surface area contributed by atoms with Gasteiger partial charge < -0.3 is 10.8 Å². The Hall–Kier alpha value is -4.55. The van der Waals surface area contributed by atoms with Crippen molar-refractivity contribution >= 4 is 27.6 Å². The first-order valence-corrected chi connectivity index (χ1v) is 10.9. The van der Waals surface area contributed by atoms with Crippen LogP contribution in [0.15, 0.2) is 59.7 Å². The second kappa shape index (κ2) is 8.66. The van der Waals surface area contributed by atoms with Gasteiger partial charge in [0.1, 0.15) is 29.8 Å². The van der Waals surface area contributed by atoms with Crippen LogP contribution >= 0.6 is 0 Å². The lowest BCUT2D eigenvalue weighted by Gasteiger charge is -2.16. The fourth-order valence-electron chi connectivity index (χ4n) is 4.16. The zero-order valence-corrected chi connectivity index (χ0v) is 19.0. The van der Waals surface area contributed by atoms with Gasteiger partial charge in [0.2, 0.25) is 0 Å². The van der Waals surface area contributed by atoms with E-state index < -0.39 is 11.9 Å². The van der Waals surface area contributed by atoms with Crippen LogP contribution in [0, 0.1) is 24.6 Å². The number of para-hydroxylation sites is 1. The molecule has 9 heteroatoms.